The lowest BCUT2D eigenvalue weighted by atomic mass is 10.1. The van der Waals surface area contributed by atoms with E-state index in [4.69, 9.17) is 5.11 Å². The van der Waals surface area contributed by atoms with Gasteiger partial charge in [0, 0.05) is 18.9 Å². The molecule has 1 aromatic carbocycles. The van der Waals surface area contributed by atoms with Crippen LogP contribution >= 0.6 is 0 Å². The molecule has 2 aromatic rings. The van der Waals surface area contributed by atoms with Crippen molar-refractivity contribution in [2.45, 2.75) is 13.3 Å². The van der Waals surface area contributed by atoms with Gasteiger partial charge in [-0.25, -0.2) is 0 Å². The number of carboxylic acid groups (broad SMARTS) is 1. The molecule has 8 nitrogen and oxygen atoms in total. The standard InChI is InChI=1S/C16H18N4O4/c1-10-13(9-20(2)19-10)16(24)18-12-5-3-11(4-6-12)7-14(21)17-8-15(22)23/h3-6,9H,7-8H2,1-2H3,(H,17,21)(H,18,24)(H,22,23). The smallest absolute Gasteiger partial charge is 0.322 e. The van der Waals surface area contributed by atoms with E-state index >= 15 is 0 Å². The second-order valence-corrected chi connectivity index (χ2v) is 5.30. The summed E-state index contributed by atoms with van der Waals surface area (Å²) < 4.78 is 1.57. The third-order valence-electron chi connectivity index (χ3n) is 3.27. The average molecular weight is 330 g/mol. The van der Waals surface area contributed by atoms with Crippen molar-refractivity contribution < 1.29 is 19.5 Å². The fourth-order valence-corrected chi connectivity index (χ4v) is 2.15. The fraction of sp³-hybridized carbons (Fsp3) is 0.250. The van der Waals surface area contributed by atoms with Gasteiger partial charge in [0.2, 0.25) is 5.91 Å². The predicted octanol–water partition coefficient (Wildman–Crippen LogP) is 0.724. The Bertz CT molecular complexity index is 765. The molecule has 0 bridgehead atoms. The number of aliphatic carboxylic acids is 1. The number of rotatable bonds is 6. The van der Waals surface area contributed by atoms with Gasteiger partial charge in [-0.05, 0) is 24.6 Å². The minimum absolute atomic E-state index is 0.0726. The van der Waals surface area contributed by atoms with Gasteiger partial charge in [-0.2, -0.15) is 5.10 Å². The van der Waals surface area contributed by atoms with E-state index in [1.54, 1.807) is 49.1 Å². The van der Waals surface area contributed by atoms with Crippen LogP contribution in [0.15, 0.2) is 30.5 Å². The van der Waals surface area contributed by atoms with Crippen molar-refractivity contribution in [3.63, 3.8) is 0 Å². The first kappa shape index (κ1) is 17.2. The summed E-state index contributed by atoms with van der Waals surface area (Å²) >= 11 is 0. The molecule has 8 heteroatoms. The van der Waals surface area contributed by atoms with Crippen LogP contribution in [0.4, 0.5) is 5.69 Å². The number of amides is 2. The molecule has 0 aliphatic rings. The van der Waals surface area contributed by atoms with Crippen molar-refractivity contribution in [2.24, 2.45) is 7.05 Å². The van der Waals surface area contributed by atoms with Gasteiger partial charge in [-0.1, -0.05) is 12.1 Å². The average Bonchev–Trinajstić information content (AvgIpc) is 2.86. The Labute approximate surface area is 138 Å². The Hall–Kier alpha value is -3.16. The Morgan fingerprint density at radius 2 is 1.88 bits per heavy atom. The number of benzene rings is 1. The molecular formula is C16H18N4O4. The molecule has 0 aliphatic carbocycles. The lowest BCUT2D eigenvalue weighted by Crippen LogP contribution is -2.30. The van der Waals surface area contributed by atoms with Crippen LogP contribution in [0.5, 0.6) is 0 Å². The molecule has 0 atom stereocenters. The highest BCUT2D eigenvalue weighted by atomic mass is 16.4. The van der Waals surface area contributed by atoms with Gasteiger partial charge >= 0.3 is 5.97 Å². The number of anilines is 1. The highest BCUT2D eigenvalue weighted by molar-refractivity contribution is 6.04. The second kappa shape index (κ2) is 7.40. The number of aryl methyl sites for hydroxylation is 2. The van der Waals surface area contributed by atoms with Crippen LogP contribution in [0.3, 0.4) is 0 Å². The Morgan fingerprint density at radius 1 is 1.21 bits per heavy atom. The summed E-state index contributed by atoms with van der Waals surface area (Å²) in [4.78, 5) is 34.1. The van der Waals surface area contributed by atoms with E-state index in [1.165, 1.54) is 0 Å². The largest absolute Gasteiger partial charge is 0.480 e. The van der Waals surface area contributed by atoms with Crippen molar-refractivity contribution in [1.29, 1.82) is 0 Å². The molecule has 0 unspecified atom stereocenters. The zero-order chi connectivity index (χ0) is 17.7. The molecule has 0 spiro atoms. The Morgan fingerprint density at radius 3 is 2.42 bits per heavy atom. The van der Waals surface area contributed by atoms with E-state index in [-0.39, 0.29) is 18.2 Å². The summed E-state index contributed by atoms with van der Waals surface area (Å²) in [6.07, 6.45) is 1.72. The van der Waals surface area contributed by atoms with E-state index in [1.807, 2.05) is 0 Å². The first-order chi connectivity index (χ1) is 11.3. The van der Waals surface area contributed by atoms with Gasteiger partial charge in [0.15, 0.2) is 0 Å². The molecule has 2 amide bonds. The maximum atomic E-state index is 12.2. The fourth-order valence-electron chi connectivity index (χ4n) is 2.15. The predicted molar refractivity (Wildman–Crippen MR) is 86.7 cm³/mol. The molecule has 3 N–H and O–H groups in total. The van der Waals surface area contributed by atoms with E-state index in [9.17, 15) is 14.4 Å². The summed E-state index contributed by atoms with van der Waals surface area (Å²) in [6.45, 7) is 1.35. The monoisotopic (exact) mass is 330 g/mol. The highest BCUT2D eigenvalue weighted by Crippen LogP contribution is 2.13. The van der Waals surface area contributed by atoms with E-state index in [0.717, 1.165) is 0 Å². The first-order valence-corrected chi connectivity index (χ1v) is 7.24. The summed E-state index contributed by atoms with van der Waals surface area (Å²) in [7, 11) is 1.74. The molecule has 0 aliphatic heterocycles. The van der Waals surface area contributed by atoms with E-state index in [2.05, 4.69) is 15.7 Å². The van der Waals surface area contributed by atoms with Gasteiger partial charge in [0.25, 0.3) is 5.91 Å². The number of carbonyl (C=O) groups excluding carboxylic acids is 2. The maximum Gasteiger partial charge on any atom is 0.322 e. The summed E-state index contributed by atoms with van der Waals surface area (Å²) in [5.74, 6) is -1.72. The second-order valence-electron chi connectivity index (χ2n) is 5.30. The van der Waals surface area contributed by atoms with Crippen LogP contribution in [0.2, 0.25) is 0 Å². The SMILES string of the molecule is Cc1nn(C)cc1C(=O)Nc1ccc(CC(=O)NCC(=O)O)cc1. The maximum absolute atomic E-state index is 12.2. The Balaban J connectivity index is 1.94. The highest BCUT2D eigenvalue weighted by Gasteiger charge is 2.12. The topological polar surface area (TPSA) is 113 Å². The molecule has 1 heterocycles. The van der Waals surface area contributed by atoms with Crippen LogP contribution in [0.25, 0.3) is 0 Å². The number of hydrogen-bond donors (Lipinski definition) is 3. The number of nitrogens with one attached hydrogen (secondary N) is 2. The van der Waals surface area contributed by atoms with Crippen LogP contribution in [0, 0.1) is 6.92 Å². The quantitative estimate of drug-likeness (QED) is 0.722. The zero-order valence-electron chi connectivity index (χ0n) is 13.4. The minimum Gasteiger partial charge on any atom is -0.480 e. The normalized spacial score (nSPS) is 10.2. The number of hydrogen-bond acceptors (Lipinski definition) is 4. The summed E-state index contributed by atoms with van der Waals surface area (Å²) in [5.41, 5.74) is 2.45. The van der Waals surface area contributed by atoms with Crippen LogP contribution < -0.4 is 10.6 Å². The van der Waals surface area contributed by atoms with Gasteiger partial charge in [-0.3, -0.25) is 19.1 Å². The summed E-state index contributed by atoms with van der Waals surface area (Å²) in [5, 5.41) is 17.7. The number of aromatic nitrogens is 2. The van der Waals surface area contributed by atoms with Gasteiger partial charge < -0.3 is 15.7 Å². The van der Waals surface area contributed by atoms with E-state index < -0.39 is 12.5 Å². The first-order valence-electron chi connectivity index (χ1n) is 7.24. The molecule has 2 rings (SSSR count). The molecule has 1 aromatic heterocycles. The van der Waals surface area contributed by atoms with Crippen LogP contribution in [-0.4, -0.2) is 39.2 Å². The number of nitrogens with zero attached hydrogens (tertiary/aromatic N) is 2. The molecule has 0 fully saturated rings. The third kappa shape index (κ3) is 4.67. The molecular weight excluding hydrogens is 312 g/mol. The number of carboxylic acids is 1. The van der Waals surface area contributed by atoms with Gasteiger partial charge in [-0.15, -0.1) is 0 Å². The molecule has 0 saturated heterocycles. The van der Waals surface area contributed by atoms with Gasteiger partial charge in [0.1, 0.15) is 6.54 Å². The Kier molecular flexibility index (Phi) is 5.31. The zero-order valence-corrected chi connectivity index (χ0v) is 13.4. The van der Waals surface area contributed by atoms with Gasteiger partial charge in [0.05, 0.1) is 17.7 Å². The number of carbonyl (C=O) groups is 3. The summed E-state index contributed by atoms with van der Waals surface area (Å²) in [6, 6.07) is 6.77. The van der Waals surface area contributed by atoms with Crippen molar-refractivity contribution in [3.05, 3.63) is 47.3 Å². The lowest BCUT2D eigenvalue weighted by Gasteiger charge is -2.06. The van der Waals surface area contributed by atoms with Crippen molar-refractivity contribution in [3.8, 4) is 0 Å². The van der Waals surface area contributed by atoms with Crippen molar-refractivity contribution >= 4 is 23.5 Å². The lowest BCUT2D eigenvalue weighted by molar-refractivity contribution is -0.137. The molecule has 0 radical (unpaired) electrons. The third-order valence-corrected chi connectivity index (χ3v) is 3.27. The van der Waals surface area contributed by atoms with Crippen LogP contribution in [0.1, 0.15) is 21.6 Å². The molecule has 0 saturated carbocycles. The van der Waals surface area contributed by atoms with E-state index in [0.29, 0.717) is 22.5 Å². The van der Waals surface area contributed by atoms with Crippen LogP contribution in [-0.2, 0) is 23.1 Å². The van der Waals surface area contributed by atoms with Crippen molar-refractivity contribution in [2.75, 3.05) is 11.9 Å². The minimum atomic E-state index is -1.09. The van der Waals surface area contributed by atoms with Crippen molar-refractivity contribution in [1.82, 2.24) is 15.1 Å². The molecule has 24 heavy (non-hydrogen) atoms. The molecule has 126 valence electrons.